The number of nitrogens with one attached hydrogen (secondary N) is 1. The topological polar surface area (TPSA) is 15.3 Å². The molecule has 3 heteroatoms. The average molecular weight is 307 g/mol. The first-order valence-electron chi connectivity index (χ1n) is 8.03. The summed E-state index contributed by atoms with van der Waals surface area (Å²) in [5, 5.41) is 3.82. The third-order valence-corrected chi connectivity index (χ3v) is 5.60. The van der Waals surface area contributed by atoms with E-state index >= 15 is 0 Å². The van der Waals surface area contributed by atoms with Gasteiger partial charge in [0.15, 0.2) is 0 Å². The number of hydrogen-bond acceptors (Lipinski definition) is 3. The highest BCUT2D eigenvalue weighted by molar-refractivity contribution is 7.98. The minimum atomic E-state index is 0.0549. The van der Waals surface area contributed by atoms with Crippen LogP contribution in [0.2, 0.25) is 0 Å². The van der Waals surface area contributed by atoms with Gasteiger partial charge in [0.25, 0.3) is 0 Å². The second-order valence-electron chi connectivity index (χ2n) is 6.87. The van der Waals surface area contributed by atoms with Crippen LogP contribution in [0.3, 0.4) is 0 Å². The molecule has 21 heavy (non-hydrogen) atoms. The highest BCUT2D eigenvalue weighted by atomic mass is 32.2. The average Bonchev–Trinajstić information content (AvgIpc) is 2.48. The van der Waals surface area contributed by atoms with Crippen LogP contribution in [0, 0.1) is 5.92 Å². The van der Waals surface area contributed by atoms with E-state index in [1.165, 1.54) is 11.3 Å². The van der Waals surface area contributed by atoms with Gasteiger partial charge < -0.3 is 5.32 Å². The van der Waals surface area contributed by atoms with E-state index < -0.39 is 0 Å². The Morgan fingerprint density at radius 3 is 2.52 bits per heavy atom. The Morgan fingerprint density at radius 1 is 1.29 bits per heavy atom. The van der Waals surface area contributed by atoms with Crippen molar-refractivity contribution in [2.24, 2.45) is 5.92 Å². The first-order chi connectivity index (χ1) is 9.98. The zero-order chi connectivity index (χ0) is 15.5. The molecule has 1 aromatic carbocycles. The van der Waals surface area contributed by atoms with Crippen LogP contribution in [0.1, 0.15) is 33.3 Å². The van der Waals surface area contributed by atoms with Gasteiger partial charge in [-0.3, -0.25) is 4.90 Å². The summed E-state index contributed by atoms with van der Waals surface area (Å²) in [6, 6.07) is 12.1. The summed E-state index contributed by atoms with van der Waals surface area (Å²) in [7, 11) is 0. The number of rotatable bonds is 5. The van der Waals surface area contributed by atoms with Gasteiger partial charge in [-0.1, -0.05) is 44.2 Å². The van der Waals surface area contributed by atoms with Crippen LogP contribution in [0.25, 0.3) is 0 Å². The first kappa shape index (κ1) is 16.9. The summed E-state index contributed by atoms with van der Waals surface area (Å²) in [6.45, 7) is 11.6. The molecular weight excluding hydrogens is 276 g/mol. The minimum Gasteiger partial charge on any atom is -0.305 e. The summed E-state index contributed by atoms with van der Waals surface area (Å²) < 4.78 is 0. The smallest absolute Gasteiger partial charge is 0.0535 e. The Hall–Kier alpha value is -0.510. The summed E-state index contributed by atoms with van der Waals surface area (Å²) in [5.41, 5.74) is 1.45. The second-order valence-corrected chi connectivity index (χ2v) is 7.78. The Balaban J connectivity index is 2.22. The second kappa shape index (κ2) is 7.17. The van der Waals surface area contributed by atoms with Gasteiger partial charge in [0.05, 0.1) is 5.54 Å². The summed E-state index contributed by atoms with van der Waals surface area (Å²) in [4.78, 5) is 2.73. The van der Waals surface area contributed by atoms with Gasteiger partial charge in [0.1, 0.15) is 0 Å². The highest BCUT2D eigenvalue weighted by Gasteiger charge is 2.39. The van der Waals surface area contributed by atoms with Crippen LogP contribution in [0.4, 0.5) is 0 Å². The summed E-state index contributed by atoms with van der Waals surface area (Å²) in [6.07, 6.45) is 2.21. The largest absolute Gasteiger partial charge is 0.305 e. The van der Waals surface area contributed by atoms with Crippen molar-refractivity contribution in [3.8, 4) is 0 Å². The van der Waals surface area contributed by atoms with Crippen LogP contribution < -0.4 is 5.32 Å². The Bertz CT molecular complexity index is 434. The van der Waals surface area contributed by atoms with E-state index in [1.54, 1.807) is 0 Å². The maximum absolute atomic E-state index is 3.82. The zero-order valence-electron chi connectivity index (χ0n) is 14.1. The van der Waals surface area contributed by atoms with Gasteiger partial charge in [0, 0.05) is 30.9 Å². The van der Waals surface area contributed by atoms with Crippen molar-refractivity contribution in [1.82, 2.24) is 10.2 Å². The van der Waals surface area contributed by atoms with Gasteiger partial charge in [-0.2, -0.15) is 11.8 Å². The van der Waals surface area contributed by atoms with Gasteiger partial charge in [0.2, 0.25) is 0 Å². The zero-order valence-corrected chi connectivity index (χ0v) is 14.9. The van der Waals surface area contributed by atoms with Crippen LogP contribution in [-0.2, 0) is 5.54 Å². The van der Waals surface area contributed by atoms with Gasteiger partial charge >= 0.3 is 0 Å². The summed E-state index contributed by atoms with van der Waals surface area (Å²) >= 11 is 1.95. The predicted octanol–water partition coefficient (Wildman–Crippen LogP) is 3.58. The van der Waals surface area contributed by atoms with Gasteiger partial charge in [-0.15, -0.1) is 0 Å². The maximum Gasteiger partial charge on any atom is 0.0535 e. The van der Waals surface area contributed by atoms with Crippen LogP contribution in [-0.4, -0.2) is 42.1 Å². The fourth-order valence-corrected chi connectivity index (χ4v) is 4.10. The molecule has 1 aliphatic rings. The molecule has 0 aromatic heterocycles. The molecule has 0 amide bonds. The van der Waals surface area contributed by atoms with Crippen LogP contribution in [0.15, 0.2) is 30.3 Å². The molecular formula is C18H30N2S. The lowest BCUT2D eigenvalue weighted by Crippen LogP contribution is -2.64. The van der Waals surface area contributed by atoms with E-state index in [4.69, 9.17) is 0 Å². The Labute approximate surface area is 134 Å². The van der Waals surface area contributed by atoms with Crippen molar-refractivity contribution < 1.29 is 0 Å². The van der Waals surface area contributed by atoms with Crippen LogP contribution in [0.5, 0.6) is 0 Å². The van der Waals surface area contributed by atoms with E-state index in [0.29, 0.717) is 18.0 Å². The Kier molecular flexibility index (Phi) is 5.75. The quantitative estimate of drug-likeness (QED) is 0.895. The lowest BCUT2D eigenvalue weighted by Gasteiger charge is -2.50. The van der Waals surface area contributed by atoms with E-state index in [2.05, 4.69) is 74.5 Å². The molecule has 0 radical (unpaired) electrons. The SMILES string of the molecule is CSCC(C)N1CC(C)(c2ccccc2)NCC1C(C)C. The molecule has 0 saturated carbocycles. The molecule has 1 aliphatic heterocycles. The van der Waals surface area contributed by atoms with Crippen molar-refractivity contribution in [2.45, 2.75) is 45.3 Å². The Morgan fingerprint density at radius 2 is 1.95 bits per heavy atom. The molecule has 2 rings (SSSR count). The van der Waals surface area contributed by atoms with E-state index in [-0.39, 0.29) is 5.54 Å². The molecule has 0 spiro atoms. The first-order valence-corrected chi connectivity index (χ1v) is 9.42. The molecule has 3 unspecified atom stereocenters. The number of nitrogens with zero attached hydrogens (tertiary/aromatic N) is 1. The van der Waals surface area contributed by atoms with Crippen molar-refractivity contribution in [1.29, 1.82) is 0 Å². The maximum atomic E-state index is 3.82. The number of thioether (sulfide) groups is 1. The van der Waals surface area contributed by atoms with Crippen molar-refractivity contribution in [3.63, 3.8) is 0 Å². The van der Waals surface area contributed by atoms with E-state index in [1.807, 2.05) is 11.8 Å². The fourth-order valence-electron chi connectivity index (χ4n) is 3.42. The number of hydrogen-bond donors (Lipinski definition) is 1. The molecule has 0 aliphatic carbocycles. The third kappa shape index (κ3) is 3.82. The monoisotopic (exact) mass is 306 g/mol. The van der Waals surface area contributed by atoms with E-state index in [9.17, 15) is 0 Å². The molecule has 118 valence electrons. The normalized spacial score (nSPS) is 28.8. The lowest BCUT2D eigenvalue weighted by molar-refractivity contribution is 0.0375. The van der Waals surface area contributed by atoms with Gasteiger partial charge in [-0.25, -0.2) is 0 Å². The lowest BCUT2D eigenvalue weighted by atomic mass is 9.85. The molecule has 1 heterocycles. The number of piperazine rings is 1. The standard InChI is InChI=1S/C18H30N2S/c1-14(2)17-11-19-18(4,16-9-7-6-8-10-16)13-20(17)15(3)12-21-5/h6-10,14-15,17,19H,11-13H2,1-5H3. The molecule has 1 aromatic rings. The molecule has 1 saturated heterocycles. The molecule has 2 nitrogen and oxygen atoms in total. The molecule has 0 bridgehead atoms. The molecule has 1 N–H and O–H groups in total. The minimum absolute atomic E-state index is 0.0549. The predicted molar refractivity (Wildman–Crippen MR) is 95.0 cm³/mol. The van der Waals surface area contributed by atoms with Crippen molar-refractivity contribution in [2.75, 3.05) is 25.1 Å². The molecule has 3 atom stereocenters. The highest BCUT2D eigenvalue weighted by Crippen LogP contribution is 2.30. The summed E-state index contributed by atoms with van der Waals surface area (Å²) in [5.74, 6) is 1.88. The third-order valence-electron chi connectivity index (χ3n) is 4.78. The van der Waals surface area contributed by atoms with Crippen LogP contribution >= 0.6 is 11.8 Å². The van der Waals surface area contributed by atoms with E-state index in [0.717, 1.165) is 13.1 Å². The number of benzene rings is 1. The molecule has 1 fully saturated rings. The fraction of sp³-hybridized carbons (Fsp3) is 0.667. The van der Waals surface area contributed by atoms with Gasteiger partial charge in [-0.05, 0) is 31.6 Å². The van der Waals surface area contributed by atoms with Crippen molar-refractivity contribution in [3.05, 3.63) is 35.9 Å². The van der Waals surface area contributed by atoms with Crippen molar-refractivity contribution >= 4 is 11.8 Å².